The number of ether oxygens (including phenoxy) is 1. The second-order valence-corrected chi connectivity index (χ2v) is 8.29. The quantitative estimate of drug-likeness (QED) is 0.818. The van der Waals surface area contributed by atoms with Gasteiger partial charge in [0.25, 0.3) is 5.91 Å². The van der Waals surface area contributed by atoms with Crippen LogP contribution in [0.2, 0.25) is 0 Å². The standard InChI is InChI=1S/C21H29N3O3/c25-19-6-7-21(16-24(19)15-17-4-3-10-22-14-17)8-11-23(12-9-21)20(26)18-5-1-2-13-27-18/h3-4,10,14,18H,1-2,5-9,11-13,15-16H2/t18-/m1/s1. The van der Waals surface area contributed by atoms with Crippen LogP contribution in [-0.4, -0.2) is 58.9 Å². The fourth-order valence-corrected chi connectivity index (χ4v) is 4.71. The van der Waals surface area contributed by atoms with Gasteiger partial charge in [-0.05, 0) is 55.6 Å². The van der Waals surface area contributed by atoms with Gasteiger partial charge < -0.3 is 14.5 Å². The second-order valence-electron chi connectivity index (χ2n) is 8.29. The third kappa shape index (κ3) is 4.15. The highest BCUT2D eigenvalue weighted by atomic mass is 16.5. The molecule has 4 rings (SSSR count). The van der Waals surface area contributed by atoms with E-state index >= 15 is 0 Å². The number of hydrogen-bond donors (Lipinski definition) is 0. The van der Waals surface area contributed by atoms with Crippen LogP contribution in [0.3, 0.4) is 0 Å². The van der Waals surface area contributed by atoms with Crippen LogP contribution in [0.25, 0.3) is 0 Å². The van der Waals surface area contributed by atoms with Crippen LogP contribution in [0.1, 0.15) is 50.5 Å². The lowest BCUT2D eigenvalue weighted by Crippen LogP contribution is -2.53. The van der Waals surface area contributed by atoms with E-state index in [1.807, 2.05) is 28.1 Å². The van der Waals surface area contributed by atoms with Crippen LogP contribution in [-0.2, 0) is 20.9 Å². The maximum absolute atomic E-state index is 12.7. The Balaban J connectivity index is 1.35. The molecule has 1 spiro atoms. The molecule has 0 N–H and O–H groups in total. The minimum absolute atomic E-state index is 0.153. The first kappa shape index (κ1) is 18.4. The van der Waals surface area contributed by atoms with Crippen molar-refractivity contribution in [3.63, 3.8) is 0 Å². The number of rotatable bonds is 3. The zero-order chi connectivity index (χ0) is 18.7. The highest BCUT2D eigenvalue weighted by Gasteiger charge is 2.42. The summed E-state index contributed by atoms with van der Waals surface area (Å²) in [6.45, 7) is 3.70. The molecule has 1 atom stereocenters. The molecule has 0 aromatic carbocycles. The molecule has 1 aromatic rings. The number of piperidine rings is 2. The number of pyridine rings is 1. The number of amides is 2. The molecule has 4 heterocycles. The Kier molecular flexibility index (Phi) is 5.43. The van der Waals surface area contributed by atoms with Crippen LogP contribution in [0.4, 0.5) is 0 Å². The van der Waals surface area contributed by atoms with Gasteiger partial charge in [-0.3, -0.25) is 14.6 Å². The number of carbonyl (C=O) groups is 2. The Hall–Kier alpha value is -1.95. The average molecular weight is 371 g/mol. The molecule has 146 valence electrons. The Bertz CT molecular complexity index is 665. The van der Waals surface area contributed by atoms with Crippen LogP contribution >= 0.6 is 0 Å². The summed E-state index contributed by atoms with van der Waals surface area (Å²) in [7, 11) is 0. The van der Waals surface area contributed by atoms with Crippen LogP contribution < -0.4 is 0 Å². The van der Waals surface area contributed by atoms with E-state index in [4.69, 9.17) is 4.74 Å². The lowest BCUT2D eigenvalue weighted by molar-refractivity contribution is -0.151. The molecule has 6 nitrogen and oxygen atoms in total. The SMILES string of the molecule is O=C1CCC2(CCN(C(=O)[C@H]3CCCCO3)CC2)CN1Cc1cccnc1. The molecular weight excluding hydrogens is 342 g/mol. The summed E-state index contributed by atoms with van der Waals surface area (Å²) in [4.78, 5) is 33.3. The van der Waals surface area contributed by atoms with E-state index in [9.17, 15) is 9.59 Å². The molecule has 3 aliphatic rings. The molecule has 3 saturated heterocycles. The van der Waals surface area contributed by atoms with Gasteiger partial charge in [0.2, 0.25) is 5.91 Å². The van der Waals surface area contributed by atoms with Gasteiger partial charge in [0, 0.05) is 51.6 Å². The maximum Gasteiger partial charge on any atom is 0.251 e. The summed E-state index contributed by atoms with van der Waals surface area (Å²) < 4.78 is 5.68. The molecule has 0 radical (unpaired) electrons. The lowest BCUT2D eigenvalue weighted by atomic mass is 9.72. The summed E-state index contributed by atoms with van der Waals surface area (Å²) in [6, 6.07) is 3.93. The van der Waals surface area contributed by atoms with Crippen LogP contribution in [0.15, 0.2) is 24.5 Å². The zero-order valence-electron chi connectivity index (χ0n) is 15.9. The van der Waals surface area contributed by atoms with Crippen molar-refractivity contribution >= 4 is 11.8 Å². The molecule has 6 heteroatoms. The van der Waals surface area contributed by atoms with Crippen LogP contribution in [0, 0.1) is 5.41 Å². The normalized spacial score (nSPS) is 25.6. The van der Waals surface area contributed by atoms with E-state index in [1.165, 1.54) is 0 Å². The summed E-state index contributed by atoms with van der Waals surface area (Å²) >= 11 is 0. The molecule has 3 aliphatic heterocycles. The van der Waals surface area contributed by atoms with Crippen molar-refractivity contribution in [2.75, 3.05) is 26.2 Å². The second kappa shape index (κ2) is 7.97. The molecule has 3 fully saturated rings. The van der Waals surface area contributed by atoms with Crippen molar-refractivity contribution in [3.8, 4) is 0 Å². The van der Waals surface area contributed by atoms with Gasteiger partial charge in [-0.15, -0.1) is 0 Å². The first-order valence-corrected chi connectivity index (χ1v) is 10.2. The van der Waals surface area contributed by atoms with Crippen molar-refractivity contribution in [3.05, 3.63) is 30.1 Å². The topological polar surface area (TPSA) is 62.7 Å². The van der Waals surface area contributed by atoms with Crippen molar-refractivity contribution in [2.45, 2.75) is 57.6 Å². The van der Waals surface area contributed by atoms with Crippen molar-refractivity contribution in [1.82, 2.24) is 14.8 Å². The number of likely N-dealkylation sites (tertiary alicyclic amines) is 2. The Labute approximate surface area is 160 Å². The number of hydrogen-bond acceptors (Lipinski definition) is 4. The minimum Gasteiger partial charge on any atom is -0.368 e. The summed E-state index contributed by atoms with van der Waals surface area (Å²) in [6.07, 6.45) is 9.86. The highest BCUT2D eigenvalue weighted by Crippen LogP contribution is 2.40. The Morgan fingerprint density at radius 2 is 2.11 bits per heavy atom. The Morgan fingerprint density at radius 1 is 1.26 bits per heavy atom. The number of aromatic nitrogens is 1. The van der Waals surface area contributed by atoms with Gasteiger partial charge in [0.1, 0.15) is 6.10 Å². The zero-order valence-corrected chi connectivity index (χ0v) is 15.9. The first-order chi connectivity index (χ1) is 13.2. The fourth-order valence-electron chi connectivity index (χ4n) is 4.71. The molecule has 0 bridgehead atoms. The monoisotopic (exact) mass is 371 g/mol. The summed E-state index contributed by atoms with van der Waals surface area (Å²) in [5.41, 5.74) is 1.23. The molecule has 0 unspecified atom stereocenters. The van der Waals surface area contributed by atoms with Gasteiger partial charge in [-0.25, -0.2) is 0 Å². The highest BCUT2D eigenvalue weighted by molar-refractivity contribution is 5.81. The number of carbonyl (C=O) groups excluding carboxylic acids is 2. The largest absolute Gasteiger partial charge is 0.368 e. The molecule has 0 aliphatic carbocycles. The smallest absolute Gasteiger partial charge is 0.251 e. The average Bonchev–Trinajstić information content (AvgIpc) is 2.72. The predicted octanol–water partition coefficient (Wildman–Crippen LogP) is 2.38. The lowest BCUT2D eigenvalue weighted by Gasteiger charge is -2.48. The van der Waals surface area contributed by atoms with E-state index in [0.29, 0.717) is 19.6 Å². The van der Waals surface area contributed by atoms with E-state index in [-0.39, 0.29) is 23.3 Å². The molecule has 1 aromatic heterocycles. The third-order valence-corrected chi connectivity index (χ3v) is 6.44. The minimum atomic E-state index is -0.234. The van der Waals surface area contributed by atoms with Crippen molar-refractivity contribution < 1.29 is 14.3 Å². The Morgan fingerprint density at radius 3 is 2.81 bits per heavy atom. The summed E-state index contributed by atoms with van der Waals surface area (Å²) in [5, 5.41) is 0. The van der Waals surface area contributed by atoms with Crippen LogP contribution in [0.5, 0.6) is 0 Å². The predicted molar refractivity (Wildman–Crippen MR) is 101 cm³/mol. The molecule has 27 heavy (non-hydrogen) atoms. The van der Waals surface area contributed by atoms with E-state index in [0.717, 1.165) is 63.7 Å². The van der Waals surface area contributed by atoms with E-state index in [1.54, 1.807) is 6.20 Å². The van der Waals surface area contributed by atoms with Crippen molar-refractivity contribution in [2.24, 2.45) is 5.41 Å². The van der Waals surface area contributed by atoms with Gasteiger partial charge >= 0.3 is 0 Å². The van der Waals surface area contributed by atoms with Gasteiger partial charge in [-0.1, -0.05) is 6.07 Å². The van der Waals surface area contributed by atoms with Gasteiger partial charge in [0.05, 0.1) is 0 Å². The third-order valence-electron chi connectivity index (χ3n) is 6.44. The summed E-state index contributed by atoms with van der Waals surface area (Å²) in [5.74, 6) is 0.405. The maximum atomic E-state index is 12.7. The number of nitrogens with zero attached hydrogens (tertiary/aromatic N) is 3. The molecule has 0 saturated carbocycles. The van der Waals surface area contributed by atoms with E-state index in [2.05, 4.69) is 4.98 Å². The fraction of sp³-hybridized carbons (Fsp3) is 0.667. The van der Waals surface area contributed by atoms with Crippen molar-refractivity contribution in [1.29, 1.82) is 0 Å². The van der Waals surface area contributed by atoms with Gasteiger partial charge in [-0.2, -0.15) is 0 Å². The molecular formula is C21H29N3O3. The van der Waals surface area contributed by atoms with E-state index < -0.39 is 0 Å². The van der Waals surface area contributed by atoms with Gasteiger partial charge in [0.15, 0.2) is 0 Å². The molecule has 2 amide bonds. The first-order valence-electron chi connectivity index (χ1n) is 10.2.